The molecule has 2 aromatic heterocycles. The third-order valence-corrected chi connectivity index (χ3v) is 6.19. The van der Waals surface area contributed by atoms with Gasteiger partial charge in [0.2, 0.25) is 11.9 Å². The summed E-state index contributed by atoms with van der Waals surface area (Å²) in [5, 5.41) is 24.2. The summed E-state index contributed by atoms with van der Waals surface area (Å²) in [4.78, 5) is 26.0. The molecule has 192 valence electrons. The van der Waals surface area contributed by atoms with Gasteiger partial charge in [-0.05, 0) is 47.4 Å². The first kappa shape index (κ1) is 24.8. The molecule has 0 fully saturated rings. The summed E-state index contributed by atoms with van der Waals surface area (Å²) in [5.41, 5.74) is 10.7. The molecule has 0 aliphatic heterocycles. The normalized spacial score (nSPS) is 11.5. The van der Waals surface area contributed by atoms with Gasteiger partial charge in [-0.1, -0.05) is 45.0 Å². The lowest BCUT2D eigenvalue weighted by Crippen LogP contribution is -2.15. The van der Waals surface area contributed by atoms with Crippen LogP contribution >= 0.6 is 0 Å². The minimum Gasteiger partial charge on any atom is -0.392 e. The molecule has 0 saturated heterocycles. The van der Waals surface area contributed by atoms with Gasteiger partial charge in [-0.15, -0.1) is 0 Å². The number of hydrogen-bond donors (Lipinski definition) is 5. The second kappa shape index (κ2) is 9.91. The van der Waals surface area contributed by atoms with E-state index in [1.807, 2.05) is 30.3 Å². The van der Waals surface area contributed by atoms with E-state index in [2.05, 4.69) is 56.6 Å². The van der Waals surface area contributed by atoms with Crippen molar-refractivity contribution in [2.75, 3.05) is 16.4 Å². The number of carbonyl (C=O) groups excluding carboxylic acids is 1. The fourth-order valence-corrected chi connectivity index (χ4v) is 4.12. The predicted molar refractivity (Wildman–Crippen MR) is 148 cm³/mol. The highest BCUT2D eigenvalue weighted by molar-refractivity contribution is 6.05. The van der Waals surface area contributed by atoms with Crippen molar-refractivity contribution in [1.82, 2.24) is 25.1 Å². The molecule has 0 bridgehead atoms. The van der Waals surface area contributed by atoms with Crippen LogP contribution in [0, 0.1) is 0 Å². The fourth-order valence-electron chi connectivity index (χ4n) is 4.12. The molecule has 1 amide bonds. The molecule has 5 aromatic rings. The largest absolute Gasteiger partial charge is 0.392 e. The van der Waals surface area contributed by atoms with Crippen LogP contribution in [0.25, 0.3) is 22.3 Å². The summed E-state index contributed by atoms with van der Waals surface area (Å²) in [6, 6.07) is 18.4. The number of anilines is 4. The molecular weight excluding hydrogens is 480 g/mol. The van der Waals surface area contributed by atoms with Crippen molar-refractivity contribution in [3.05, 3.63) is 83.6 Å². The van der Waals surface area contributed by atoms with Crippen molar-refractivity contribution < 1.29 is 9.90 Å². The van der Waals surface area contributed by atoms with Crippen LogP contribution in [0.5, 0.6) is 0 Å². The minimum atomic E-state index is -0.347. The SMILES string of the molecule is CC(C)(C)c1ccc(C(=O)Nc2cccc(-c3nc(N)nc(Nc4ccc5[nH]ncc5c4)n3)c2CO)cc1. The topological polar surface area (TPSA) is 155 Å². The van der Waals surface area contributed by atoms with Crippen molar-refractivity contribution in [1.29, 1.82) is 0 Å². The number of nitrogen functional groups attached to an aromatic ring is 1. The summed E-state index contributed by atoms with van der Waals surface area (Å²) in [6.07, 6.45) is 1.72. The highest BCUT2D eigenvalue weighted by Crippen LogP contribution is 2.30. The van der Waals surface area contributed by atoms with Crippen molar-refractivity contribution in [3.8, 4) is 11.4 Å². The lowest BCUT2D eigenvalue weighted by Gasteiger charge is -2.19. The van der Waals surface area contributed by atoms with Gasteiger partial charge in [-0.25, -0.2) is 0 Å². The van der Waals surface area contributed by atoms with Gasteiger partial charge in [0.05, 0.1) is 18.3 Å². The molecule has 2 heterocycles. The van der Waals surface area contributed by atoms with Gasteiger partial charge in [0.15, 0.2) is 5.82 Å². The Kier molecular flexibility index (Phi) is 6.48. The number of aliphatic hydroxyl groups excluding tert-OH is 1. The third-order valence-electron chi connectivity index (χ3n) is 6.19. The molecule has 10 heteroatoms. The maximum atomic E-state index is 13.0. The summed E-state index contributed by atoms with van der Waals surface area (Å²) >= 11 is 0. The van der Waals surface area contributed by atoms with Gasteiger partial charge in [0, 0.05) is 33.5 Å². The zero-order chi connectivity index (χ0) is 26.9. The number of hydrogen-bond acceptors (Lipinski definition) is 8. The Labute approximate surface area is 219 Å². The van der Waals surface area contributed by atoms with E-state index in [0.29, 0.717) is 22.4 Å². The first-order chi connectivity index (χ1) is 18.2. The van der Waals surface area contributed by atoms with Crippen LogP contribution in [0.1, 0.15) is 42.3 Å². The first-order valence-corrected chi connectivity index (χ1v) is 12.1. The summed E-state index contributed by atoms with van der Waals surface area (Å²) < 4.78 is 0. The van der Waals surface area contributed by atoms with Gasteiger partial charge < -0.3 is 21.5 Å². The van der Waals surface area contributed by atoms with Gasteiger partial charge in [0.25, 0.3) is 5.91 Å². The number of aliphatic hydroxyl groups is 1. The number of aromatic nitrogens is 5. The maximum absolute atomic E-state index is 13.0. The molecular formula is C28H28N8O2. The number of carbonyl (C=O) groups is 1. The van der Waals surface area contributed by atoms with Crippen molar-refractivity contribution in [2.45, 2.75) is 32.8 Å². The number of H-pyrrole nitrogens is 1. The lowest BCUT2D eigenvalue weighted by molar-refractivity contribution is 0.102. The minimum absolute atomic E-state index is 0.0131. The van der Waals surface area contributed by atoms with Crippen LogP contribution in [0.2, 0.25) is 0 Å². The number of fused-ring (bicyclic) bond motifs is 1. The second-order valence-corrected chi connectivity index (χ2v) is 9.91. The number of aromatic amines is 1. The monoisotopic (exact) mass is 508 g/mol. The molecule has 0 aliphatic carbocycles. The van der Waals surface area contributed by atoms with Crippen molar-refractivity contribution in [2.24, 2.45) is 0 Å². The standard InChI is InChI=1S/C28H28N8O2/c1-28(2,3)18-9-7-16(8-10-18)25(38)32-23-6-4-5-20(21(23)15-37)24-33-26(29)35-27(34-24)31-19-11-12-22-17(13-19)14-30-36-22/h4-14,37H,15H2,1-3H3,(H,30,36)(H,32,38)(H3,29,31,33,34,35). The number of amides is 1. The maximum Gasteiger partial charge on any atom is 0.255 e. The van der Waals surface area contributed by atoms with Crippen molar-refractivity contribution >= 4 is 40.1 Å². The number of nitrogens with one attached hydrogen (secondary N) is 3. The van der Waals surface area contributed by atoms with Gasteiger partial charge in [-0.3, -0.25) is 9.89 Å². The van der Waals surface area contributed by atoms with Crippen molar-refractivity contribution in [3.63, 3.8) is 0 Å². The van der Waals surface area contributed by atoms with Gasteiger partial charge >= 0.3 is 0 Å². The first-order valence-electron chi connectivity index (χ1n) is 12.1. The van der Waals surface area contributed by atoms with Gasteiger partial charge in [0.1, 0.15) is 0 Å². The number of nitrogens with zero attached hydrogens (tertiary/aromatic N) is 4. The molecule has 38 heavy (non-hydrogen) atoms. The van der Waals surface area contributed by atoms with E-state index in [-0.39, 0.29) is 35.7 Å². The zero-order valence-electron chi connectivity index (χ0n) is 21.3. The molecule has 10 nitrogen and oxygen atoms in total. The molecule has 0 atom stereocenters. The summed E-state index contributed by atoms with van der Waals surface area (Å²) in [5.74, 6) is 0.232. The molecule has 0 saturated carbocycles. The van der Waals surface area contributed by atoms with Crippen LogP contribution in [0.15, 0.2) is 66.9 Å². The Morgan fingerprint density at radius 2 is 1.82 bits per heavy atom. The molecule has 0 aliphatic rings. The summed E-state index contributed by atoms with van der Waals surface area (Å²) in [6.45, 7) is 6.01. The molecule has 3 aromatic carbocycles. The molecule has 6 N–H and O–H groups in total. The average Bonchev–Trinajstić information content (AvgIpc) is 3.36. The van der Waals surface area contributed by atoms with Crippen LogP contribution in [0.4, 0.5) is 23.3 Å². The van der Waals surface area contributed by atoms with E-state index in [0.717, 1.165) is 22.2 Å². The number of benzene rings is 3. The molecule has 5 rings (SSSR count). The Hall–Kier alpha value is -4.83. The Bertz CT molecular complexity index is 1620. The van der Waals surface area contributed by atoms with Gasteiger partial charge in [-0.2, -0.15) is 20.1 Å². The van der Waals surface area contributed by atoms with Crippen LogP contribution in [0.3, 0.4) is 0 Å². The van der Waals surface area contributed by atoms with Crippen LogP contribution in [-0.2, 0) is 12.0 Å². The Morgan fingerprint density at radius 1 is 1.03 bits per heavy atom. The molecule has 0 spiro atoms. The predicted octanol–water partition coefficient (Wildman–Crippen LogP) is 4.78. The van der Waals surface area contributed by atoms with E-state index in [1.165, 1.54) is 0 Å². The molecule has 0 unspecified atom stereocenters. The highest BCUT2D eigenvalue weighted by atomic mass is 16.3. The smallest absolute Gasteiger partial charge is 0.255 e. The van der Waals surface area contributed by atoms with Crippen LogP contribution < -0.4 is 16.4 Å². The molecule has 0 radical (unpaired) electrons. The fraction of sp³-hybridized carbons (Fsp3) is 0.179. The van der Waals surface area contributed by atoms with E-state index in [1.54, 1.807) is 36.5 Å². The lowest BCUT2D eigenvalue weighted by atomic mass is 9.86. The number of nitrogens with two attached hydrogens (primary N) is 1. The highest BCUT2D eigenvalue weighted by Gasteiger charge is 2.18. The Balaban J connectivity index is 1.43. The Morgan fingerprint density at radius 3 is 2.55 bits per heavy atom. The summed E-state index contributed by atoms with van der Waals surface area (Å²) in [7, 11) is 0. The van der Waals surface area contributed by atoms with E-state index in [4.69, 9.17) is 5.73 Å². The zero-order valence-corrected chi connectivity index (χ0v) is 21.3. The number of rotatable bonds is 6. The van der Waals surface area contributed by atoms with Crippen LogP contribution in [-0.4, -0.2) is 36.2 Å². The van der Waals surface area contributed by atoms with E-state index >= 15 is 0 Å². The van der Waals surface area contributed by atoms with E-state index < -0.39 is 0 Å². The average molecular weight is 509 g/mol. The van der Waals surface area contributed by atoms with E-state index in [9.17, 15) is 9.90 Å². The quantitative estimate of drug-likeness (QED) is 0.219. The third kappa shape index (κ3) is 5.16. The second-order valence-electron chi connectivity index (χ2n) is 9.91.